The normalized spacial score (nSPS) is 27.7. The van der Waals surface area contributed by atoms with Gasteiger partial charge in [-0.2, -0.15) is 0 Å². The summed E-state index contributed by atoms with van der Waals surface area (Å²) in [7, 11) is 0. The molecule has 0 amide bonds. The lowest BCUT2D eigenvalue weighted by atomic mass is 9.94. The van der Waals surface area contributed by atoms with Crippen LogP contribution in [0.4, 0.5) is 11.4 Å². The second-order valence-corrected chi connectivity index (χ2v) is 6.60. The zero-order valence-electron chi connectivity index (χ0n) is 11.2. The first-order valence-corrected chi connectivity index (χ1v) is 7.71. The molecule has 3 unspecified atom stereocenters. The number of benzene rings is 1. The maximum atomic E-state index is 11.7. The monoisotopic (exact) mass is 354 g/mol. The highest BCUT2D eigenvalue weighted by Gasteiger charge is 2.49. The Morgan fingerprint density at radius 2 is 2.19 bits per heavy atom. The average Bonchev–Trinajstić information content (AvgIpc) is 2.97. The fourth-order valence-electron chi connectivity index (χ4n) is 3.76. The summed E-state index contributed by atoms with van der Waals surface area (Å²) in [5.74, 6) is -0.457. The van der Waals surface area contributed by atoms with E-state index in [0.29, 0.717) is 22.6 Å². The molecule has 0 spiro atoms. The molecule has 3 atom stereocenters. The van der Waals surface area contributed by atoms with Crippen molar-refractivity contribution in [1.82, 2.24) is 0 Å². The van der Waals surface area contributed by atoms with E-state index in [1.165, 1.54) is 6.07 Å². The van der Waals surface area contributed by atoms with Crippen LogP contribution >= 0.6 is 15.9 Å². The number of rotatable bonds is 3. The van der Waals surface area contributed by atoms with Gasteiger partial charge in [0.15, 0.2) is 0 Å². The maximum Gasteiger partial charge on any atom is 0.326 e. The number of hydrogen-bond acceptors (Lipinski definition) is 4. The SMILES string of the molecule is O=C(O)C1C2CCCC2CN1c1ccc(Br)cc1[N+](=O)[O-]. The molecular formula is C14H15BrN2O4. The molecule has 112 valence electrons. The molecule has 1 saturated carbocycles. The summed E-state index contributed by atoms with van der Waals surface area (Å²) in [4.78, 5) is 24.2. The Kier molecular flexibility index (Phi) is 3.61. The third-order valence-electron chi connectivity index (χ3n) is 4.59. The van der Waals surface area contributed by atoms with Crippen LogP contribution in [-0.4, -0.2) is 28.6 Å². The standard InChI is InChI=1S/C14H15BrN2O4/c15-9-4-5-11(12(6-9)17(20)21)16-7-8-2-1-3-10(8)13(16)14(18)19/h4-6,8,10,13H,1-3,7H2,(H,18,19). The van der Waals surface area contributed by atoms with Crippen LogP contribution in [0, 0.1) is 22.0 Å². The Labute approximate surface area is 130 Å². The number of hydrogen-bond donors (Lipinski definition) is 1. The number of carboxylic acids is 1. The van der Waals surface area contributed by atoms with Crippen LogP contribution in [0.5, 0.6) is 0 Å². The number of fused-ring (bicyclic) bond motifs is 1. The number of nitro groups is 1. The fourth-order valence-corrected chi connectivity index (χ4v) is 4.10. The quantitative estimate of drug-likeness (QED) is 0.666. The van der Waals surface area contributed by atoms with E-state index in [2.05, 4.69) is 15.9 Å². The van der Waals surface area contributed by atoms with Crippen molar-refractivity contribution in [2.45, 2.75) is 25.3 Å². The molecule has 3 rings (SSSR count). The number of carbonyl (C=O) groups is 1. The van der Waals surface area contributed by atoms with Gasteiger partial charge in [-0.15, -0.1) is 0 Å². The molecule has 1 saturated heterocycles. The molecule has 0 bridgehead atoms. The predicted octanol–water partition coefficient (Wildman–Crippen LogP) is 3.05. The van der Waals surface area contributed by atoms with Crippen molar-refractivity contribution in [1.29, 1.82) is 0 Å². The van der Waals surface area contributed by atoms with E-state index in [4.69, 9.17) is 0 Å². The zero-order chi connectivity index (χ0) is 15.1. The number of carboxylic acid groups (broad SMARTS) is 1. The van der Waals surface area contributed by atoms with Gasteiger partial charge in [0.2, 0.25) is 0 Å². The summed E-state index contributed by atoms with van der Waals surface area (Å²) in [5, 5.41) is 20.8. The topological polar surface area (TPSA) is 83.7 Å². The van der Waals surface area contributed by atoms with Crippen LogP contribution in [0.1, 0.15) is 19.3 Å². The highest BCUT2D eigenvalue weighted by atomic mass is 79.9. The molecule has 1 aromatic carbocycles. The van der Waals surface area contributed by atoms with Crippen molar-refractivity contribution < 1.29 is 14.8 Å². The molecule has 21 heavy (non-hydrogen) atoms. The van der Waals surface area contributed by atoms with Crippen molar-refractivity contribution in [3.63, 3.8) is 0 Å². The predicted molar refractivity (Wildman–Crippen MR) is 80.4 cm³/mol. The third-order valence-corrected chi connectivity index (χ3v) is 5.08. The number of aliphatic carboxylic acids is 1. The second kappa shape index (κ2) is 5.29. The first-order valence-electron chi connectivity index (χ1n) is 6.92. The molecular weight excluding hydrogens is 340 g/mol. The van der Waals surface area contributed by atoms with E-state index in [0.717, 1.165) is 19.3 Å². The third kappa shape index (κ3) is 2.39. The minimum absolute atomic E-state index is 0.0457. The number of nitrogens with zero attached hydrogens (tertiary/aromatic N) is 2. The van der Waals surface area contributed by atoms with Crippen LogP contribution in [0.2, 0.25) is 0 Å². The molecule has 1 aliphatic carbocycles. The van der Waals surface area contributed by atoms with Crippen LogP contribution < -0.4 is 4.90 Å². The van der Waals surface area contributed by atoms with Gasteiger partial charge in [-0.05, 0) is 36.8 Å². The highest BCUT2D eigenvalue weighted by Crippen LogP contribution is 2.46. The van der Waals surface area contributed by atoms with Crippen molar-refractivity contribution in [2.75, 3.05) is 11.4 Å². The lowest BCUT2D eigenvalue weighted by Crippen LogP contribution is -2.40. The van der Waals surface area contributed by atoms with E-state index in [1.807, 2.05) is 0 Å². The molecule has 2 aliphatic rings. The van der Waals surface area contributed by atoms with Gasteiger partial charge >= 0.3 is 5.97 Å². The Hall–Kier alpha value is -1.63. The van der Waals surface area contributed by atoms with E-state index in [-0.39, 0.29) is 11.6 Å². The lowest BCUT2D eigenvalue weighted by molar-refractivity contribution is -0.384. The van der Waals surface area contributed by atoms with E-state index < -0.39 is 16.9 Å². The van der Waals surface area contributed by atoms with Gasteiger partial charge < -0.3 is 10.0 Å². The Bertz CT molecular complexity index is 607. The molecule has 0 radical (unpaired) electrons. The first kappa shape index (κ1) is 14.3. The smallest absolute Gasteiger partial charge is 0.326 e. The molecule has 1 N–H and O–H groups in total. The van der Waals surface area contributed by atoms with Gasteiger partial charge in [0.25, 0.3) is 5.69 Å². The van der Waals surface area contributed by atoms with E-state index in [1.54, 1.807) is 17.0 Å². The first-order chi connectivity index (χ1) is 9.99. The average molecular weight is 355 g/mol. The van der Waals surface area contributed by atoms with Gasteiger partial charge in [0, 0.05) is 17.1 Å². The minimum Gasteiger partial charge on any atom is -0.480 e. The highest BCUT2D eigenvalue weighted by molar-refractivity contribution is 9.10. The largest absolute Gasteiger partial charge is 0.480 e. The Morgan fingerprint density at radius 3 is 2.86 bits per heavy atom. The van der Waals surface area contributed by atoms with Crippen molar-refractivity contribution in [3.05, 3.63) is 32.8 Å². The van der Waals surface area contributed by atoms with Gasteiger partial charge in [-0.25, -0.2) is 4.79 Å². The Morgan fingerprint density at radius 1 is 1.43 bits per heavy atom. The Balaban J connectivity index is 2.03. The fraction of sp³-hybridized carbons (Fsp3) is 0.500. The second-order valence-electron chi connectivity index (χ2n) is 5.68. The van der Waals surface area contributed by atoms with Gasteiger partial charge in [0.05, 0.1) is 4.92 Å². The van der Waals surface area contributed by atoms with Gasteiger partial charge in [-0.1, -0.05) is 22.4 Å². The van der Waals surface area contributed by atoms with E-state index in [9.17, 15) is 20.0 Å². The van der Waals surface area contributed by atoms with E-state index >= 15 is 0 Å². The summed E-state index contributed by atoms with van der Waals surface area (Å²) in [5.41, 5.74) is 0.362. The van der Waals surface area contributed by atoms with Crippen molar-refractivity contribution in [3.8, 4) is 0 Å². The summed E-state index contributed by atoms with van der Waals surface area (Å²) >= 11 is 3.23. The molecule has 0 aromatic heterocycles. The van der Waals surface area contributed by atoms with Crippen molar-refractivity contribution in [2.24, 2.45) is 11.8 Å². The number of halogens is 1. The maximum absolute atomic E-state index is 11.7. The molecule has 6 nitrogen and oxygen atoms in total. The zero-order valence-corrected chi connectivity index (χ0v) is 12.8. The molecule has 7 heteroatoms. The van der Waals surface area contributed by atoms with Crippen LogP contribution in [0.25, 0.3) is 0 Å². The summed E-state index contributed by atoms with van der Waals surface area (Å²) < 4.78 is 0.615. The minimum atomic E-state index is -0.887. The van der Waals surface area contributed by atoms with Crippen molar-refractivity contribution >= 4 is 33.3 Å². The number of nitro benzene ring substituents is 1. The van der Waals surface area contributed by atoms with Crippen LogP contribution in [-0.2, 0) is 4.79 Å². The molecule has 2 fully saturated rings. The number of anilines is 1. The van der Waals surface area contributed by atoms with Crippen LogP contribution in [0.3, 0.4) is 0 Å². The summed E-state index contributed by atoms with van der Waals surface area (Å²) in [6.45, 7) is 0.587. The molecule has 1 aliphatic heterocycles. The molecule has 1 heterocycles. The summed E-state index contributed by atoms with van der Waals surface area (Å²) in [6.07, 6.45) is 2.95. The molecule has 1 aromatic rings. The summed E-state index contributed by atoms with van der Waals surface area (Å²) in [6, 6.07) is 4.13. The van der Waals surface area contributed by atoms with Gasteiger partial charge in [0.1, 0.15) is 11.7 Å². The van der Waals surface area contributed by atoms with Crippen LogP contribution in [0.15, 0.2) is 22.7 Å². The lowest BCUT2D eigenvalue weighted by Gasteiger charge is -2.26. The van der Waals surface area contributed by atoms with Gasteiger partial charge in [-0.3, -0.25) is 10.1 Å².